The SMILES string of the molecule is CCc1cccc(CC)c1-c1cc(OC(C)C)c(COc2ccccc2SC)c(C)n1. The van der Waals surface area contributed by atoms with E-state index in [4.69, 9.17) is 14.5 Å². The van der Waals surface area contributed by atoms with Crippen LogP contribution in [0.1, 0.15) is 50.1 Å². The molecule has 1 aromatic heterocycles. The molecule has 0 N–H and O–H groups in total. The first-order valence-electron chi connectivity index (χ1n) is 11.0. The number of para-hydroxylation sites is 1. The zero-order chi connectivity index (χ0) is 22.4. The third-order valence-corrected chi connectivity index (χ3v) is 6.13. The molecule has 3 aromatic rings. The van der Waals surface area contributed by atoms with Crippen LogP contribution in [0.25, 0.3) is 11.3 Å². The highest BCUT2D eigenvalue weighted by Crippen LogP contribution is 2.34. The number of rotatable bonds is 9. The minimum Gasteiger partial charge on any atom is -0.490 e. The fourth-order valence-electron chi connectivity index (χ4n) is 3.79. The van der Waals surface area contributed by atoms with Gasteiger partial charge in [0, 0.05) is 22.2 Å². The molecule has 0 amide bonds. The molecule has 0 fully saturated rings. The third kappa shape index (κ3) is 5.43. The largest absolute Gasteiger partial charge is 0.490 e. The van der Waals surface area contributed by atoms with Crippen molar-refractivity contribution in [3.63, 3.8) is 0 Å². The molecule has 3 rings (SSSR count). The second-order valence-electron chi connectivity index (χ2n) is 7.83. The van der Waals surface area contributed by atoms with Crippen LogP contribution in [-0.4, -0.2) is 17.3 Å². The van der Waals surface area contributed by atoms with Gasteiger partial charge in [0.05, 0.1) is 17.4 Å². The summed E-state index contributed by atoms with van der Waals surface area (Å²) >= 11 is 1.69. The zero-order valence-corrected chi connectivity index (χ0v) is 20.3. The van der Waals surface area contributed by atoms with E-state index in [1.807, 2.05) is 18.2 Å². The zero-order valence-electron chi connectivity index (χ0n) is 19.5. The Morgan fingerprint density at radius 3 is 2.23 bits per heavy atom. The van der Waals surface area contributed by atoms with E-state index >= 15 is 0 Å². The van der Waals surface area contributed by atoms with E-state index in [9.17, 15) is 0 Å². The summed E-state index contributed by atoms with van der Waals surface area (Å²) < 4.78 is 12.5. The predicted octanol–water partition coefficient (Wildman–Crippen LogP) is 7.27. The fourth-order valence-corrected chi connectivity index (χ4v) is 4.34. The lowest BCUT2D eigenvalue weighted by atomic mass is 9.94. The Hall–Kier alpha value is -2.46. The van der Waals surface area contributed by atoms with E-state index in [0.29, 0.717) is 6.61 Å². The maximum absolute atomic E-state index is 6.26. The van der Waals surface area contributed by atoms with Gasteiger partial charge in [-0.2, -0.15) is 0 Å². The molecule has 0 unspecified atom stereocenters. The Labute approximate surface area is 191 Å². The Morgan fingerprint density at radius 1 is 0.935 bits per heavy atom. The van der Waals surface area contributed by atoms with Crippen molar-refractivity contribution in [1.82, 2.24) is 4.98 Å². The number of nitrogens with zero attached hydrogens (tertiary/aromatic N) is 1. The van der Waals surface area contributed by atoms with E-state index in [-0.39, 0.29) is 6.10 Å². The fraction of sp³-hybridized carbons (Fsp3) is 0.370. The van der Waals surface area contributed by atoms with Gasteiger partial charge >= 0.3 is 0 Å². The first kappa shape index (κ1) is 23.2. The first-order valence-corrected chi connectivity index (χ1v) is 12.2. The van der Waals surface area contributed by atoms with Gasteiger partial charge in [0.15, 0.2) is 0 Å². The van der Waals surface area contributed by atoms with E-state index in [0.717, 1.165) is 46.2 Å². The van der Waals surface area contributed by atoms with Gasteiger partial charge in [-0.25, -0.2) is 0 Å². The average Bonchev–Trinajstić information content (AvgIpc) is 2.77. The minimum atomic E-state index is 0.0685. The molecule has 0 saturated heterocycles. The number of hydrogen-bond acceptors (Lipinski definition) is 4. The summed E-state index contributed by atoms with van der Waals surface area (Å²) in [7, 11) is 0. The number of thioether (sulfide) groups is 1. The number of benzene rings is 2. The van der Waals surface area contributed by atoms with Crippen LogP contribution < -0.4 is 9.47 Å². The number of hydrogen-bond donors (Lipinski definition) is 0. The van der Waals surface area contributed by atoms with Crippen LogP contribution >= 0.6 is 11.8 Å². The van der Waals surface area contributed by atoms with Gasteiger partial charge in [-0.1, -0.05) is 44.2 Å². The lowest BCUT2D eigenvalue weighted by Crippen LogP contribution is -2.11. The average molecular weight is 436 g/mol. The van der Waals surface area contributed by atoms with Crippen molar-refractivity contribution in [1.29, 1.82) is 0 Å². The van der Waals surface area contributed by atoms with Crippen molar-refractivity contribution in [2.45, 2.75) is 65.1 Å². The van der Waals surface area contributed by atoms with Crippen molar-refractivity contribution in [3.8, 4) is 22.8 Å². The number of aromatic nitrogens is 1. The van der Waals surface area contributed by atoms with Crippen LogP contribution in [-0.2, 0) is 19.4 Å². The van der Waals surface area contributed by atoms with E-state index in [1.165, 1.54) is 16.7 Å². The maximum atomic E-state index is 6.26. The second kappa shape index (κ2) is 10.7. The second-order valence-corrected chi connectivity index (χ2v) is 8.68. The molecule has 4 heteroatoms. The van der Waals surface area contributed by atoms with Gasteiger partial charge in [0.25, 0.3) is 0 Å². The van der Waals surface area contributed by atoms with Gasteiger partial charge in [-0.05, 0) is 63.1 Å². The van der Waals surface area contributed by atoms with Crippen molar-refractivity contribution in [2.75, 3.05) is 6.26 Å². The summed E-state index contributed by atoms with van der Waals surface area (Å²) in [5.41, 5.74) is 6.81. The normalized spacial score (nSPS) is 11.1. The first-order chi connectivity index (χ1) is 15.0. The topological polar surface area (TPSA) is 31.4 Å². The number of aryl methyl sites for hydroxylation is 3. The third-order valence-electron chi connectivity index (χ3n) is 5.35. The molecule has 0 saturated carbocycles. The summed E-state index contributed by atoms with van der Waals surface area (Å²) in [5, 5.41) is 0. The molecule has 0 atom stereocenters. The highest BCUT2D eigenvalue weighted by atomic mass is 32.2. The van der Waals surface area contributed by atoms with Crippen molar-refractivity contribution >= 4 is 11.8 Å². The van der Waals surface area contributed by atoms with Gasteiger partial charge in [0.2, 0.25) is 0 Å². The Morgan fingerprint density at radius 2 is 1.61 bits per heavy atom. The molecule has 164 valence electrons. The van der Waals surface area contributed by atoms with Gasteiger partial charge in [-0.15, -0.1) is 11.8 Å². The van der Waals surface area contributed by atoms with Crippen molar-refractivity contribution in [2.24, 2.45) is 0 Å². The summed E-state index contributed by atoms with van der Waals surface area (Å²) in [6.45, 7) is 11.0. The molecule has 0 aliphatic rings. The maximum Gasteiger partial charge on any atom is 0.133 e. The number of pyridine rings is 1. The molecule has 3 nitrogen and oxygen atoms in total. The summed E-state index contributed by atoms with van der Waals surface area (Å²) in [4.78, 5) is 6.14. The molecule has 31 heavy (non-hydrogen) atoms. The minimum absolute atomic E-state index is 0.0685. The van der Waals surface area contributed by atoms with Crippen LogP contribution in [0.3, 0.4) is 0 Å². The molecular weight excluding hydrogens is 402 g/mol. The Bertz CT molecular complexity index is 1010. The van der Waals surface area contributed by atoms with E-state index < -0.39 is 0 Å². The molecule has 0 aliphatic carbocycles. The van der Waals surface area contributed by atoms with Crippen molar-refractivity contribution < 1.29 is 9.47 Å². The lowest BCUT2D eigenvalue weighted by Gasteiger charge is -2.20. The van der Waals surface area contributed by atoms with Crippen LogP contribution in [0.15, 0.2) is 53.4 Å². The van der Waals surface area contributed by atoms with Gasteiger partial charge < -0.3 is 9.47 Å². The van der Waals surface area contributed by atoms with Crippen molar-refractivity contribution in [3.05, 3.63) is 70.9 Å². The monoisotopic (exact) mass is 435 g/mol. The quantitative estimate of drug-likeness (QED) is 0.331. The molecule has 2 aromatic carbocycles. The van der Waals surface area contributed by atoms with Gasteiger partial charge in [-0.3, -0.25) is 4.98 Å². The summed E-state index contributed by atoms with van der Waals surface area (Å²) in [5.74, 6) is 1.74. The van der Waals surface area contributed by atoms with Crippen LogP contribution in [0.2, 0.25) is 0 Å². The molecular formula is C27H33NO2S. The van der Waals surface area contributed by atoms with E-state index in [2.05, 4.69) is 71.2 Å². The predicted molar refractivity (Wildman–Crippen MR) is 131 cm³/mol. The molecule has 0 aliphatic heterocycles. The Kier molecular flexibility index (Phi) is 8.03. The smallest absolute Gasteiger partial charge is 0.133 e. The molecule has 0 spiro atoms. The highest BCUT2D eigenvalue weighted by Gasteiger charge is 2.18. The Balaban J connectivity index is 2.04. The molecule has 0 radical (unpaired) electrons. The molecule has 0 bridgehead atoms. The van der Waals surface area contributed by atoms with E-state index in [1.54, 1.807) is 11.8 Å². The van der Waals surface area contributed by atoms with Gasteiger partial charge in [0.1, 0.15) is 18.1 Å². The van der Waals surface area contributed by atoms with Crippen LogP contribution in [0.4, 0.5) is 0 Å². The number of ether oxygens (including phenoxy) is 2. The van der Waals surface area contributed by atoms with Crippen LogP contribution in [0, 0.1) is 6.92 Å². The summed E-state index contributed by atoms with van der Waals surface area (Å²) in [6, 6.07) is 16.8. The highest BCUT2D eigenvalue weighted by molar-refractivity contribution is 7.98. The standard InChI is InChI=1S/C27H33NO2S/c1-7-20-12-11-13-21(8-2)27(20)23-16-25(30-18(3)4)22(19(5)28-23)17-29-24-14-9-10-15-26(24)31-6/h9-16,18H,7-8,17H2,1-6H3. The summed E-state index contributed by atoms with van der Waals surface area (Å²) in [6.07, 6.45) is 4.08. The van der Waals surface area contributed by atoms with Crippen LogP contribution in [0.5, 0.6) is 11.5 Å². The lowest BCUT2D eigenvalue weighted by molar-refractivity contribution is 0.228. The molecule has 1 heterocycles.